The molecule has 114 valence electrons. The molecule has 3 heteroatoms. The van der Waals surface area contributed by atoms with Gasteiger partial charge in [0.2, 0.25) is 0 Å². The Hall–Kier alpha value is -1.97. The number of nitrogens with zero attached hydrogens (tertiary/aromatic N) is 2. The van der Waals surface area contributed by atoms with E-state index in [4.69, 9.17) is 4.99 Å². The van der Waals surface area contributed by atoms with Gasteiger partial charge >= 0.3 is 0 Å². The predicted molar refractivity (Wildman–Crippen MR) is 90.4 cm³/mol. The first kappa shape index (κ1) is 14.9. The number of rotatable bonds is 4. The highest BCUT2D eigenvalue weighted by Crippen LogP contribution is 2.21. The van der Waals surface area contributed by atoms with E-state index in [2.05, 4.69) is 35.2 Å². The van der Waals surface area contributed by atoms with E-state index in [0.717, 1.165) is 43.7 Å². The summed E-state index contributed by atoms with van der Waals surface area (Å²) in [5, 5.41) is 9.38. The lowest BCUT2D eigenvalue weighted by Crippen LogP contribution is -2.33. The molecular formula is C19H22N2O. The Morgan fingerprint density at radius 3 is 2.32 bits per heavy atom. The molecule has 1 aliphatic heterocycles. The third-order valence-corrected chi connectivity index (χ3v) is 4.12. The molecule has 2 aromatic carbocycles. The van der Waals surface area contributed by atoms with E-state index in [9.17, 15) is 5.11 Å². The van der Waals surface area contributed by atoms with Crippen LogP contribution in [0.3, 0.4) is 0 Å². The maximum absolute atomic E-state index is 9.38. The minimum Gasteiger partial charge on any atom is -0.392 e. The summed E-state index contributed by atoms with van der Waals surface area (Å²) in [6.07, 6.45) is 2.01. The van der Waals surface area contributed by atoms with Crippen LogP contribution >= 0.6 is 0 Å². The zero-order chi connectivity index (χ0) is 15.2. The molecule has 2 aromatic rings. The summed E-state index contributed by atoms with van der Waals surface area (Å²) in [4.78, 5) is 7.24. The van der Waals surface area contributed by atoms with Crippen LogP contribution in [0, 0.1) is 0 Å². The second-order valence-electron chi connectivity index (χ2n) is 5.73. The number of aliphatic imine (C=N–C) groups is 1. The van der Waals surface area contributed by atoms with Crippen LogP contribution < -0.4 is 0 Å². The van der Waals surface area contributed by atoms with Gasteiger partial charge in [0.15, 0.2) is 0 Å². The average Bonchev–Trinajstić information content (AvgIpc) is 2.58. The van der Waals surface area contributed by atoms with Gasteiger partial charge in [-0.15, -0.1) is 0 Å². The normalized spacial score (nSPS) is 15.8. The quantitative estimate of drug-likeness (QED) is 0.936. The van der Waals surface area contributed by atoms with Gasteiger partial charge in [-0.2, -0.15) is 0 Å². The van der Waals surface area contributed by atoms with Crippen molar-refractivity contribution in [3.05, 3.63) is 65.7 Å². The Morgan fingerprint density at radius 2 is 1.59 bits per heavy atom. The highest BCUT2D eigenvalue weighted by Gasteiger charge is 2.15. The van der Waals surface area contributed by atoms with Crippen LogP contribution in [0.15, 0.2) is 59.6 Å². The van der Waals surface area contributed by atoms with Crippen LogP contribution in [-0.2, 0) is 13.2 Å². The number of piperidine rings is 1. The molecule has 22 heavy (non-hydrogen) atoms. The molecule has 1 fully saturated rings. The van der Waals surface area contributed by atoms with Gasteiger partial charge in [0.05, 0.1) is 12.3 Å². The molecule has 0 aromatic heterocycles. The number of para-hydroxylation sites is 1. The molecule has 0 amide bonds. The van der Waals surface area contributed by atoms with Crippen LogP contribution in [0.25, 0.3) is 0 Å². The third kappa shape index (κ3) is 3.81. The fraction of sp³-hybridized carbons (Fsp3) is 0.316. The molecule has 1 heterocycles. The van der Waals surface area contributed by atoms with E-state index in [-0.39, 0.29) is 6.61 Å². The average molecular weight is 294 g/mol. The Bertz CT molecular complexity index is 627. The molecule has 0 aliphatic carbocycles. The van der Waals surface area contributed by atoms with E-state index < -0.39 is 0 Å². The van der Waals surface area contributed by atoms with Crippen molar-refractivity contribution in [2.75, 3.05) is 13.1 Å². The zero-order valence-electron chi connectivity index (χ0n) is 12.8. The van der Waals surface area contributed by atoms with Gasteiger partial charge in [-0.3, -0.25) is 9.89 Å². The first-order chi connectivity index (χ1) is 10.8. The minimum atomic E-state index is 0.0487. The van der Waals surface area contributed by atoms with Crippen molar-refractivity contribution in [2.24, 2.45) is 4.99 Å². The summed E-state index contributed by atoms with van der Waals surface area (Å²) in [7, 11) is 0. The van der Waals surface area contributed by atoms with Gasteiger partial charge < -0.3 is 5.11 Å². The predicted octanol–water partition coefficient (Wildman–Crippen LogP) is 3.55. The van der Waals surface area contributed by atoms with Crippen molar-refractivity contribution in [3.8, 4) is 0 Å². The molecular weight excluding hydrogens is 272 g/mol. The maximum atomic E-state index is 9.38. The fourth-order valence-corrected chi connectivity index (χ4v) is 2.85. The molecule has 0 saturated carbocycles. The van der Waals surface area contributed by atoms with Crippen molar-refractivity contribution in [1.29, 1.82) is 0 Å². The molecule has 0 unspecified atom stereocenters. The van der Waals surface area contributed by atoms with Crippen LogP contribution in [0.1, 0.15) is 24.0 Å². The van der Waals surface area contributed by atoms with Crippen molar-refractivity contribution < 1.29 is 5.11 Å². The van der Waals surface area contributed by atoms with Gasteiger partial charge in [-0.05, 0) is 24.5 Å². The molecule has 0 atom stereocenters. The number of aliphatic hydroxyl groups is 1. The van der Waals surface area contributed by atoms with E-state index in [1.54, 1.807) is 0 Å². The lowest BCUT2D eigenvalue weighted by atomic mass is 10.1. The van der Waals surface area contributed by atoms with Gasteiger partial charge in [-0.1, -0.05) is 48.5 Å². The van der Waals surface area contributed by atoms with Crippen molar-refractivity contribution in [3.63, 3.8) is 0 Å². The second kappa shape index (κ2) is 7.34. The van der Waals surface area contributed by atoms with Crippen LogP contribution in [0.2, 0.25) is 0 Å². The van der Waals surface area contributed by atoms with Crippen molar-refractivity contribution >= 4 is 11.4 Å². The zero-order valence-corrected chi connectivity index (χ0v) is 12.8. The van der Waals surface area contributed by atoms with Gasteiger partial charge in [0.1, 0.15) is 0 Å². The SMILES string of the molecule is OCc1ccccc1N=C1CCN(Cc2ccccc2)CC1. The number of hydrogen-bond acceptors (Lipinski definition) is 3. The monoisotopic (exact) mass is 294 g/mol. The summed E-state index contributed by atoms with van der Waals surface area (Å²) in [5.74, 6) is 0. The van der Waals surface area contributed by atoms with Crippen LogP contribution in [0.5, 0.6) is 0 Å². The largest absolute Gasteiger partial charge is 0.392 e. The summed E-state index contributed by atoms with van der Waals surface area (Å²) in [6, 6.07) is 18.4. The topological polar surface area (TPSA) is 35.8 Å². The van der Waals surface area contributed by atoms with Crippen LogP contribution in [-0.4, -0.2) is 28.8 Å². The molecule has 0 bridgehead atoms. The van der Waals surface area contributed by atoms with Gasteiger partial charge in [0.25, 0.3) is 0 Å². The molecule has 0 spiro atoms. The number of benzene rings is 2. The highest BCUT2D eigenvalue weighted by molar-refractivity contribution is 5.88. The van der Waals surface area contributed by atoms with E-state index in [1.807, 2.05) is 24.3 Å². The van der Waals surface area contributed by atoms with Crippen LogP contribution in [0.4, 0.5) is 5.69 Å². The standard InChI is InChI=1S/C19H22N2O/c22-15-17-8-4-5-9-19(17)20-18-10-12-21(13-11-18)14-16-6-2-1-3-7-16/h1-9,22H,10-15H2. The summed E-state index contributed by atoms with van der Waals surface area (Å²) >= 11 is 0. The first-order valence-electron chi connectivity index (χ1n) is 7.86. The summed E-state index contributed by atoms with van der Waals surface area (Å²) in [6.45, 7) is 3.17. The van der Waals surface area contributed by atoms with E-state index >= 15 is 0 Å². The number of likely N-dealkylation sites (tertiary alicyclic amines) is 1. The Balaban J connectivity index is 1.60. The fourth-order valence-electron chi connectivity index (χ4n) is 2.85. The molecule has 0 radical (unpaired) electrons. The van der Waals surface area contributed by atoms with E-state index in [1.165, 1.54) is 11.3 Å². The van der Waals surface area contributed by atoms with Crippen molar-refractivity contribution in [2.45, 2.75) is 26.0 Å². The Labute approximate surface area is 131 Å². The lowest BCUT2D eigenvalue weighted by Gasteiger charge is -2.27. The second-order valence-corrected chi connectivity index (χ2v) is 5.73. The summed E-state index contributed by atoms with van der Waals surface area (Å²) in [5.41, 5.74) is 4.43. The molecule has 1 N–H and O–H groups in total. The molecule has 1 saturated heterocycles. The smallest absolute Gasteiger partial charge is 0.0702 e. The molecule has 1 aliphatic rings. The first-order valence-corrected chi connectivity index (χ1v) is 7.86. The maximum Gasteiger partial charge on any atom is 0.0702 e. The molecule has 3 nitrogen and oxygen atoms in total. The summed E-state index contributed by atoms with van der Waals surface area (Å²) < 4.78 is 0. The number of aliphatic hydroxyl groups excluding tert-OH is 1. The van der Waals surface area contributed by atoms with Gasteiger partial charge in [0, 0.05) is 30.9 Å². The van der Waals surface area contributed by atoms with Gasteiger partial charge in [-0.25, -0.2) is 0 Å². The lowest BCUT2D eigenvalue weighted by molar-refractivity contribution is 0.266. The number of hydrogen-bond donors (Lipinski definition) is 1. The highest BCUT2D eigenvalue weighted by atomic mass is 16.3. The Morgan fingerprint density at radius 1 is 0.909 bits per heavy atom. The minimum absolute atomic E-state index is 0.0487. The molecule has 3 rings (SSSR count). The van der Waals surface area contributed by atoms with Crippen molar-refractivity contribution in [1.82, 2.24) is 4.90 Å². The third-order valence-electron chi connectivity index (χ3n) is 4.12. The Kier molecular flexibility index (Phi) is 4.99. The van der Waals surface area contributed by atoms with E-state index in [0.29, 0.717) is 0 Å².